The van der Waals surface area contributed by atoms with E-state index < -0.39 is 39.0 Å². The van der Waals surface area contributed by atoms with E-state index in [2.05, 4.69) is 4.74 Å². The molecule has 114 valence electrons. The van der Waals surface area contributed by atoms with Gasteiger partial charge in [0.1, 0.15) is 0 Å². The molecule has 11 heteroatoms. The number of carbonyl (C=O) groups is 1. The Bertz CT molecular complexity index is 455. The second kappa shape index (κ2) is 4.85. The van der Waals surface area contributed by atoms with Crippen LogP contribution in [0.15, 0.2) is 0 Å². The molecule has 0 radical (unpaired) electrons. The maximum absolute atomic E-state index is 13.4. The Balaban J connectivity index is 5.73. The molecule has 0 aromatic rings. The van der Waals surface area contributed by atoms with Crippen molar-refractivity contribution in [2.24, 2.45) is 5.41 Å². The fourth-order valence-corrected chi connectivity index (χ4v) is 1.16. The summed E-state index contributed by atoms with van der Waals surface area (Å²) in [4.78, 5) is 11.1. The third-order valence-electron chi connectivity index (χ3n) is 1.85. The van der Waals surface area contributed by atoms with Crippen LogP contribution < -0.4 is 0 Å². The van der Waals surface area contributed by atoms with Crippen LogP contribution in [0, 0.1) is 5.41 Å². The highest BCUT2D eigenvalue weighted by Crippen LogP contribution is 2.43. The van der Waals surface area contributed by atoms with Gasteiger partial charge in [0.25, 0.3) is 0 Å². The molecule has 19 heavy (non-hydrogen) atoms. The molecule has 5 nitrogen and oxygen atoms in total. The van der Waals surface area contributed by atoms with Crippen LogP contribution in [-0.2, 0) is 19.6 Å². The molecular formula is C8H10F5O5S-. The molecule has 0 aromatic carbocycles. The van der Waals surface area contributed by atoms with Crippen molar-refractivity contribution in [3.63, 3.8) is 0 Å². The normalized spacial score (nSPS) is 17.2. The van der Waals surface area contributed by atoms with Gasteiger partial charge in [-0.1, -0.05) is 0 Å². The van der Waals surface area contributed by atoms with Crippen LogP contribution in [-0.4, -0.2) is 36.5 Å². The van der Waals surface area contributed by atoms with Gasteiger partial charge in [0.2, 0.25) is 0 Å². The third kappa shape index (κ3) is 3.32. The minimum atomic E-state index is -6.81. The van der Waals surface area contributed by atoms with Crippen molar-refractivity contribution < 1.29 is 44.5 Å². The summed E-state index contributed by atoms with van der Waals surface area (Å²) in [5.74, 6) is -7.42. The first kappa shape index (κ1) is 18.0. The zero-order valence-corrected chi connectivity index (χ0v) is 10.7. The summed E-state index contributed by atoms with van der Waals surface area (Å²) in [6.45, 7) is 3.06. The number of ether oxygens (including phenoxy) is 1. The lowest BCUT2D eigenvalue weighted by Gasteiger charge is -2.34. The zero-order valence-electron chi connectivity index (χ0n) is 9.92. The standard InChI is InChI=1S/C8H11F5O5S/c1-6(2,3)5(14)18-7(11,4(9)10)8(12,13)19(15,16)17/h4H,1-3H3,(H,15,16,17)/p-1. The Kier molecular flexibility index (Phi) is 4.60. The Morgan fingerprint density at radius 3 is 1.74 bits per heavy atom. The largest absolute Gasteiger partial charge is 0.743 e. The maximum Gasteiger partial charge on any atom is 0.408 e. The molecule has 0 heterocycles. The molecule has 0 aromatic heterocycles. The van der Waals surface area contributed by atoms with E-state index in [0.717, 1.165) is 20.8 Å². The number of alkyl halides is 5. The molecule has 0 aliphatic heterocycles. The highest BCUT2D eigenvalue weighted by Gasteiger charge is 2.70. The molecule has 0 fully saturated rings. The van der Waals surface area contributed by atoms with Crippen LogP contribution in [0.4, 0.5) is 22.0 Å². The zero-order chi connectivity index (χ0) is 15.9. The van der Waals surface area contributed by atoms with Gasteiger partial charge in [-0.05, 0) is 20.8 Å². The molecule has 0 spiro atoms. The highest BCUT2D eigenvalue weighted by atomic mass is 32.2. The van der Waals surface area contributed by atoms with Crippen LogP contribution in [0.1, 0.15) is 20.8 Å². The topological polar surface area (TPSA) is 83.5 Å². The molecule has 0 N–H and O–H groups in total. The van der Waals surface area contributed by atoms with Crippen molar-refractivity contribution in [3.8, 4) is 0 Å². The van der Waals surface area contributed by atoms with Crippen LogP contribution in [0.2, 0.25) is 0 Å². The molecule has 0 aliphatic rings. The first-order chi connectivity index (χ1) is 8.07. The first-order valence-corrected chi connectivity index (χ1v) is 6.02. The average Bonchev–Trinajstić information content (AvgIpc) is 2.13. The number of hydrogen-bond donors (Lipinski definition) is 0. The first-order valence-electron chi connectivity index (χ1n) is 4.61. The molecular weight excluding hydrogens is 303 g/mol. The van der Waals surface area contributed by atoms with Gasteiger partial charge < -0.3 is 9.29 Å². The van der Waals surface area contributed by atoms with Crippen LogP contribution in [0.5, 0.6) is 0 Å². The number of rotatable bonds is 4. The van der Waals surface area contributed by atoms with Crippen molar-refractivity contribution in [2.45, 2.75) is 38.3 Å². The molecule has 1 atom stereocenters. The summed E-state index contributed by atoms with van der Waals surface area (Å²) in [7, 11) is -6.81. The molecule has 0 aliphatic carbocycles. The van der Waals surface area contributed by atoms with E-state index >= 15 is 0 Å². The number of hydrogen-bond acceptors (Lipinski definition) is 5. The van der Waals surface area contributed by atoms with Gasteiger partial charge in [-0.25, -0.2) is 17.2 Å². The van der Waals surface area contributed by atoms with Crippen molar-refractivity contribution in [3.05, 3.63) is 0 Å². The van der Waals surface area contributed by atoms with Gasteiger partial charge in [0, 0.05) is 0 Å². The summed E-state index contributed by atoms with van der Waals surface area (Å²) >= 11 is 0. The number of esters is 1. The van der Waals surface area contributed by atoms with Crippen molar-refractivity contribution >= 4 is 16.1 Å². The van der Waals surface area contributed by atoms with Crippen LogP contribution >= 0.6 is 0 Å². The van der Waals surface area contributed by atoms with Crippen LogP contribution in [0.25, 0.3) is 0 Å². The molecule has 0 saturated carbocycles. The third-order valence-corrected chi connectivity index (χ3v) is 2.75. The molecule has 0 saturated heterocycles. The fourth-order valence-electron chi connectivity index (χ4n) is 0.689. The van der Waals surface area contributed by atoms with Gasteiger partial charge in [0.15, 0.2) is 10.1 Å². The predicted molar refractivity (Wildman–Crippen MR) is 50.0 cm³/mol. The molecule has 0 bridgehead atoms. The maximum atomic E-state index is 13.4. The van der Waals surface area contributed by atoms with E-state index in [1.54, 1.807) is 0 Å². The second-order valence-electron chi connectivity index (χ2n) is 4.56. The Hall–Kier alpha value is -0.970. The SMILES string of the molecule is CC(C)(C)C(=O)OC(F)(C(F)F)C(F)(F)S(=O)(=O)[O-]. The predicted octanol–water partition coefficient (Wildman–Crippen LogP) is 1.64. The molecule has 0 amide bonds. The van der Waals surface area contributed by atoms with Crippen molar-refractivity contribution in [1.82, 2.24) is 0 Å². The summed E-state index contributed by atoms with van der Waals surface area (Å²) < 4.78 is 97.7. The lowest BCUT2D eigenvalue weighted by atomic mass is 9.97. The average molecular weight is 313 g/mol. The van der Waals surface area contributed by atoms with Gasteiger partial charge in [-0.3, -0.25) is 4.79 Å². The van der Waals surface area contributed by atoms with Gasteiger partial charge in [-0.15, -0.1) is 0 Å². The van der Waals surface area contributed by atoms with Crippen LogP contribution in [0.3, 0.4) is 0 Å². The van der Waals surface area contributed by atoms with Crippen molar-refractivity contribution in [2.75, 3.05) is 0 Å². The lowest BCUT2D eigenvalue weighted by molar-refractivity contribution is -0.287. The quantitative estimate of drug-likeness (QED) is 0.447. The monoisotopic (exact) mass is 313 g/mol. The van der Waals surface area contributed by atoms with E-state index in [4.69, 9.17) is 0 Å². The Labute approximate surface area is 105 Å². The smallest absolute Gasteiger partial charge is 0.408 e. The Morgan fingerprint density at radius 2 is 1.53 bits per heavy atom. The van der Waals surface area contributed by atoms with Gasteiger partial charge >= 0.3 is 23.5 Å². The minimum absolute atomic E-state index is 1.02. The lowest BCUT2D eigenvalue weighted by Crippen LogP contribution is -2.58. The van der Waals surface area contributed by atoms with E-state index in [1.807, 2.05) is 0 Å². The van der Waals surface area contributed by atoms with Gasteiger partial charge in [0.05, 0.1) is 5.41 Å². The fraction of sp³-hybridized carbons (Fsp3) is 0.875. The number of carbonyl (C=O) groups excluding carboxylic acids is 1. The Morgan fingerprint density at radius 1 is 1.16 bits per heavy atom. The van der Waals surface area contributed by atoms with E-state index in [-0.39, 0.29) is 0 Å². The summed E-state index contributed by atoms with van der Waals surface area (Å²) in [6.07, 6.45) is -4.74. The summed E-state index contributed by atoms with van der Waals surface area (Å²) in [6, 6.07) is 0. The van der Waals surface area contributed by atoms with Gasteiger partial charge in [-0.2, -0.15) is 13.2 Å². The van der Waals surface area contributed by atoms with E-state index in [0.29, 0.717) is 0 Å². The number of halogens is 5. The molecule has 1 unspecified atom stereocenters. The highest BCUT2D eigenvalue weighted by molar-refractivity contribution is 7.86. The molecule has 0 rings (SSSR count). The van der Waals surface area contributed by atoms with Crippen molar-refractivity contribution in [1.29, 1.82) is 0 Å². The van der Waals surface area contributed by atoms with E-state index in [1.165, 1.54) is 0 Å². The summed E-state index contributed by atoms with van der Waals surface area (Å²) in [5.41, 5.74) is -1.67. The van der Waals surface area contributed by atoms with E-state index in [9.17, 15) is 39.7 Å². The second-order valence-corrected chi connectivity index (χ2v) is 5.98. The summed E-state index contributed by atoms with van der Waals surface area (Å²) in [5, 5.41) is -6.13. The minimum Gasteiger partial charge on any atom is -0.743 e.